The number of nitrogens with one attached hydrogen (secondary N) is 2. The van der Waals surface area contributed by atoms with Crippen molar-refractivity contribution in [3.63, 3.8) is 0 Å². The van der Waals surface area contributed by atoms with Gasteiger partial charge in [0, 0.05) is 28.9 Å². The van der Waals surface area contributed by atoms with E-state index in [1.807, 2.05) is 24.3 Å². The fraction of sp³-hybridized carbons (Fsp3) is 0.278. The van der Waals surface area contributed by atoms with Crippen molar-refractivity contribution in [1.82, 2.24) is 5.32 Å². The Balaban J connectivity index is 1.50. The van der Waals surface area contributed by atoms with Crippen molar-refractivity contribution in [2.75, 3.05) is 29.9 Å². The van der Waals surface area contributed by atoms with E-state index in [9.17, 15) is 4.79 Å². The van der Waals surface area contributed by atoms with E-state index in [0.717, 1.165) is 28.8 Å². The maximum atomic E-state index is 12.0. The first-order valence-corrected chi connectivity index (χ1v) is 8.86. The normalized spacial score (nSPS) is 12.9. The summed E-state index contributed by atoms with van der Waals surface area (Å²) in [5.74, 6) is 0. The highest BCUT2D eigenvalue weighted by Crippen LogP contribution is 2.29. The maximum absolute atomic E-state index is 12.0. The standard InChI is InChI=1S/C18H20IN3O/c1-13-5-4-8-17-14(13)9-11-22(17)12-10-20-18(23)21-16-7-3-2-6-15(16)19/h2-8H,9-12H2,1H3,(H2,20,21,23). The molecule has 0 spiro atoms. The molecule has 5 heteroatoms. The van der Waals surface area contributed by atoms with Gasteiger partial charge in [-0.05, 0) is 65.3 Å². The van der Waals surface area contributed by atoms with Crippen molar-refractivity contribution in [2.45, 2.75) is 13.3 Å². The molecule has 1 aliphatic rings. The van der Waals surface area contributed by atoms with Gasteiger partial charge in [-0.25, -0.2) is 4.79 Å². The van der Waals surface area contributed by atoms with E-state index in [2.05, 4.69) is 63.2 Å². The third-order valence-electron chi connectivity index (χ3n) is 4.15. The van der Waals surface area contributed by atoms with Gasteiger partial charge < -0.3 is 15.5 Å². The molecule has 0 atom stereocenters. The molecule has 1 heterocycles. The third-order valence-corrected chi connectivity index (χ3v) is 5.09. The maximum Gasteiger partial charge on any atom is 0.319 e. The van der Waals surface area contributed by atoms with Crippen molar-refractivity contribution in [3.8, 4) is 0 Å². The number of fused-ring (bicyclic) bond motifs is 1. The molecule has 2 aromatic carbocycles. The summed E-state index contributed by atoms with van der Waals surface area (Å²) in [6.45, 7) is 4.65. The fourth-order valence-electron chi connectivity index (χ4n) is 2.94. The smallest absolute Gasteiger partial charge is 0.319 e. The number of rotatable bonds is 4. The van der Waals surface area contributed by atoms with Gasteiger partial charge in [-0.1, -0.05) is 24.3 Å². The number of hydrogen-bond acceptors (Lipinski definition) is 2. The number of para-hydroxylation sites is 1. The molecule has 0 unspecified atom stereocenters. The van der Waals surface area contributed by atoms with Gasteiger partial charge in [0.25, 0.3) is 0 Å². The molecule has 0 bridgehead atoms. The number of halogens is 1. The van der Waals surface area contributed by atoms with Crippen LogP contribution in [-0.4, -0.2) is 25.7 Å². The van der Waals surface area contributed by atoms with Gasteiger partial charge in [0.2, 0.25) is 0 Å². The van der Waals surface area contributed by atoms with Crippen LogP contribution in [0.4, 0.5) is 16.2 Å². The number of aryl methyl sites for hydroxylation is 1. The predicted molar refractivity (Wildman–Crippen MR) is 103 cm³/mol. The van der Waals surface area contributed by atoms with Crippen LogP contribution in [0.25, 0.3) is 0 Å². The second kappa shape index (κ2) is 7.21. The van der Waals surface area contributed by atoms with Crippen LogP contribution in [0.3, 0.4) is 0 Å². The molecule has 4 nitrogen and oxygen atoms in total. The molecule has 2 aromatic rings. The summed E-state index contributed by atoms with van der Waals surface area (Å²) in [5, 5.41) is 5.82. The zero-order chi connectivity index (χ0) is 16.2. The minimum Gasteiger partial charge on any atom is -0.369 e. The van der Waals surface area contributed by atoms with Crippen LogP contribution in [0.2, 0.25) is 0 Å². The van der Waals surface area contributed by atoms with Crippen molar-refractivity contribution in [1.29, 1.82) is 0 Å². The van der Waals surface area contributed by atoms with Gasteiger partial charge in [0.15, 0.2) is 0 Å². The minimum absolute atomic E-state index is 0.155. The minimum atomic E-state index is -0.155. The van der Waals surface area contributed by atoms with Gasteiger partial charge in [-0.3, -0.25) is 0 Å². The lowest BCUT2D eigenvalue weighted by molar-refractivity contribution is 0.252. The molecule has 0 saturated heterocycles. The van der Waals surface area contributed by atoms with Gasteiger partial charge in [-0.15, -0.1) is 0 Å². The molecule has 0 saturated carbocycles. The molecular formula is C18H20IN3O. The molecule has 0 fully saturated rings. The molecule has 120 valence electrons. The monoisotopic (exact) mass is 421 g/mol. The highest BCUT2D eigenvalue weighted by Gasteiger charge is 2.19. The first kappa shape index (κ1) is 16.1. The Morgan fingerprint density at radius 1 is 1.22 bits per heavy atom. The number of hydrogen-bond donors (Lipinski definition) is 2. The Hall–Kier alpha value is -1.76. The molecule has 23 heavy (non-hydrogen) atoms. The number of anilines is 2. The first-order valence-electron chi connectivity index (χ1n) is 7.78. The van der Waals surface area contributed by atoms with Crippen molar-refractivity contribution < 1.29 is 4.79 Å². The van der Waals surface area contributed by atoms with Crippen molar-refractivity contribution >= 4 is 40.0 Å². The van der Waals surface area contributed by atoms with E-state index in [1.165, 1.54) is 16.8 Å². The predicted octanol–water partition coefficient (Wildman–Crippen LogP) is 3.78. The van der Waals surface area contributed by atoms with Crippen LogP contribution in [0.5, 0.6) is 0 Å². The van der Waals surface area contributed by atoms with Gasteiger partial charge >= 0.3 is 6.03 Å². The summed E-state index contributed by atoms with van der Waals surface area (Å²) >= 11 is 2.21. The largest absolute Gasteiger partial charge is 0.369 e. The van der Waals surface area contributed by atoms with Crippen LogP contribution in [0.1, 0.15) is 11.1 Å². The molecule has 0 aromatic heterocycles. The zero-order valence-corrected chi connectivity index (χ0v) is 15.3. The number of carbonyl (C=O) groups excluding carboxylic acids is 1. The highest BCUT2D eigenvalue weighted by atomic mass is 127. The zero-order valence-electron chi connectivity index (χ0n) is 13.1. The highest BCUT2D eigenvalue weighted by molar-refractivity contribution is 14.1. The van der Waals surface area contributed by atoms with Crippen molar-refractivity contribution in [2.24, 2.45) is 0 Å². The lowest BCUT2D eigenvalue weighted by Crippen LogP contribution is -2.36. The van der Waals surface area contributed by atoms with Crippen LogP contribution in [0, 0.1) is 10.5 Å². The fourth-order valence-corrected chi connectivity index (χ4v) is 3.46. The third kappa shape index (κ3) is 3.77. The van der Waals surface area contributed by atoms with Crippen LogP contribution >= 0.6 is 22.6 Å². The summed E-state index contributed by atoms with van der Waals surface area (Å²) in [7, 11) is 0. The quantitative estimate of drug-likeness (QED) is 0.739. The molecule has 2 N–H and O–H groups in total. The summed E-state index contributed by atoms with van der Waals surface area (Å²) in [5.41, 5.74) is 4.95. The average Bonchev–Trinajstić information content (AvgIpc) is 2.94. The number of benzene rings is 2. The molecular weight excluding hydrogens is 401 g/mol. The lowest BCUT2D eigenvalue weighted by atomic mass is 10.1. The second-order valence-corrected chi connectivity index (χ2v) is 6.83. The van der Waals surface area contributed by atoms with Crippen LogP contribution < -0.4 is 15.5 Å². The van der Waals surface area contributed by atoms with Crippen LogP contribution in [0.15, 0.2) is 42.5 Å². The Morgan fingerprint density at radius 2 is 2.04 bits per heavy atom. The number of amides is 2. The van der Waals surface area contributed by atoms with E-state index in [0.29, 0.717) is 6.54 Å². The Bertz CT molecular complexity index is 717. The summed E-state index contributed by atoms with van der Waals surface area (Å²) in [6, 6.07) is 14.0. The molecule has 2 amide bonds. The van der Waals surface area contributed by atoms with E-state index >= 15 is 0 Å². The topological polar surface area (TPSA) is 44.4 Å². The Kier molecular flexibility index (Phi) is 5.05. The molecule has 3 rings (SSSR count). The number of urea groups is 1. The van der Waals surface area contributed by atoms with Gasteiger partial charge in [0.1, 0.15) is 0 Å². The van der Waals surface area contributed by atoms with E-state index in [-0.39, 0.29) is 6.03 Å². The summed E-state index contributed by atoms with van der Waals surface area (Å²) in [4.78, 5) is 14.3. The Labute approximate surface area is 150 Å². The number of carbonyl (C=O) groups is 1. The lowest BCUT2D eigenvalue weighted by Gasteiger charge is -2.20. The summed E-state index contributed by atoms with van der Waals surface area (Å²) in [6.07, 6.45) is 1.09. The Morgan fingerprint density at radius 3 is 2.87 bits per heavy atom. The average molecular weight is 421 g/mol. The van der Waals surface area contributed by atoms with E-state index < -0.39 is 0 Å². The molecule has 1 aliphatic heterocycles. The van der Waals surface area contributed by atoms with E-state index in [1.54, 1.807) is 0 Å². The first-order chi connectivity index (χ1) is 11.1. The molecule has 0 aliphatic carbocycles. The summed E-state index contributed by atoms with van der Waals surface area (Å²) < 4.78 is 1.03. The van der Waals surface area contributed by atoms with Crippen LogP contribution in [-0.2, 0) is 6.42 Å². The number of nitrogens with zero attached hydrogens (tertiary/aromatic N) is 1. The van der Waals surface area contributed by atoms with E-state index in [4.69, 9.17) is 0 Å². The SMILES string of the molecule is Cc1cccc2c1CCN2CCNC(=O)Nc1ccccc1I. The van der Waals surface area contributed by atoms with Gasteiger partial charge in [-0.2, -0.15) is 0 Å². The van der Waals surface area contributed by atoms with Crippen molar-refractivity contribution in [3.05, 3.63) is 57.2 Å². The van der Waals surface area contributed by atoms with Gasteiger partial charge in [0.05, 0.1) is 5.69 Å². The molecule has 0 radical (unpaired) electrons. The second-order valence-electron chi connectivity index (χ2n) is 5.67.